The molecule has 1 spiro atoms. The van der Waals surface area contributed by atoms with Crippen molar-refractivity contribution in [3.8, 4) is 22.6 Å². The smallest absolute Gasteiger partial charge is 0.133 e. The van der Waals surface area contributed by atoms with Crippen molar-refractivity contribution in [1.29, 1.82) is 0 Å². The Morgan fingerprint density at radius 2 is 0.905 bits per heavy atom. The average molecular weight is 820 g/mol. The first-order valence-corrected chi connectivity index (χ1v) is 23.9. The fourth-order valence-electron chi connectivity index (χ4n) is 14.8. The number of ether oxygens (including phenoxy) is 1. The normalized spacial score (nSPS) is 25.6. The first-order chi connectivity index (χ1) is 30.7. The van der Waals surface area contributed by atoms with Gasteiger partial charge in [0.2, 0.25) is 0 Å². The summed E-state index contributed by atoms with van der Waals surface area (Å²) in [6.07, 6.45) is 9.18. The molecule has 1 aliphatic heterocycles. The third-order valence-corrected chi connectivity index (χ3v) is 17.4. The lowest BCUT2D eigenvalue weighted by molar-refractivity contribution is -0.0452. The third kappa shape index (κ3) is 5.19. The van der Waals surface area contributed by atoms with Crippen LogP contribution in [-0.2, 0) is 21.7 Å². The van der Waals surface area contributed by atoms with Crippen molar-refractivity contribution in [2.75, 3.05) is 4.90 Å². The number of nitrogens with zero attached hydrogens (tertiary/aromatic N) is 1. The van der Waals surface area contributed by atoms with Crippen LogP contribution < -0.4 is 9.64 Å². The van der Waals surface area contributed by atoms with E-state index in [0.29, 0.717) is 11.8 Å². The van der Waals surface area contributed by atoms with Crippen LogP contribution in [0.5, 0.6) is 11.5 Å². The zero-order chi connectivity index (χ0) is 42.3. The fraction of sp³-hybridized carbons (Fsp3) is 0.311. The number of anilines is 3. The van der Waals surface area contributed by atoms with Crippen LogP contribution in [0.1, 0.15) is 117 Å². The van der Waals surface area contributed by atoms with Crippen LogP contribution in [0.25, 0.3) is 11.1 Å². The van der Waals surface area contributed by atoms with Gasteiger partial charge in [0.25, 0.3) is 0 Å². The number of rotatable bonds is 5. The van der Waals surface area contributed by atoms with Gasteiger partial charge in [-0.25, -0.2) is 0 Å². The Kier molecular flexibility index (Phi) is 7.97. The van der Waals surface area contributed by atoms with Crippen LogP contribution in [0.15, 0.2) is 164 Å². The Labute approximate surface area is 374 Å². The van der Waals surface area contributed by atoms with Crippen molar-refractivity contribution in [3.05, 3.63) is 208 Å². The molecule has 0 saturated heterocycles. The van der Waals surface area contributed by atoms with Gasteiger partial charge in [-0.15, -0.1) is 0 Å². The Morgan fingerprint density at radius 1 is 0.413 bits per heavy atom. The average Bonchev–Trinajstić information content (AvgIpc) is 3.60. The SMILES string of the molecule is CC1(C)CCC(C)(C)c2cc(N(c3ccc4c(c3)Oc3ccccc3C43C4CC5CC(C4)CC3C5)c3ccc4c(c3)C(c3ccccc3)(c3ccccc3)c3ccccc3-4)ccc21. The maximum absolute atomic E-state index is 7.16. The molecule has 14 rings (SSSR count). The van der Waals surface area contributed by atoms with Gasteiger partial charge in [0.05, 0.1) is 5.41 Å². The van der Waals surface area contributed by atoms with Gasteiger partial charge in [0.15, 0.2) is 0 Å². The van der Waals surface area contributed by atoms with Gasteiger partial charge in [0.1, 0.15) is 11.5 Å². The molecule has 0 aromatic heterocycles. The summed E-state index contributed by atoms with van der Waals surface area (Å²) in [4.78, 5) is 2.55. The van der Waals surface area contributed by atoms with Gasteiger partial charge >= 0.3 is 0 Å². The second-order valence-electron chi connectivity index (χ2n) is 21.5. The summed E-state index contributed by atoms with van der Waals surface area (Å²) >= 11 is 0. The van der Waals surface area contributed by atoms with E-state index in [1.54, 1.807) is 0 Å². The Morgan fingerprint density at radius 3 is 1.57 bits per heavy atom. The Balaban J connectivity index is 1.05. The van der Waals surface area contributed by atoms with E-state index in [1.165, 1.54) is 106 Å². The molecule has 0 N–H and O–H groups in total. The Bertz CT molecular complexity index is 2890. The van der Waals surface area contributed by atoms with E-state index < -0.39 is 5.41 Å². The summed E-state index contributed by atoms with van der Waals surface area (Å²) in [5.41, 5.74) is 16.8. The highest BCUT2D eigenvalue weighted by atomic mass is 16.5. The minimum absolute atomic E-state index is 0.00665. The highest BCUT2D eigenvalue weighted by Gasteiger charge is 2.61. The van der Waals surface area contributed by atoms with Gasteiger partial charge in [-0.3, -0.25) is 0 Å². The van der Waals surface area contributed by atoms with Crippen molar-refractivity contribution in [1.82, 2.24) is 0 Å². The zero-order valence-electron chi connectivity index (χ0n) is 37.2. The lowest BCUT2D eigenvalue weighted by atomic mass is 9.42. The van der Waals surface area contributed by atoms with Crippen molar-refractivity contribution in [2.24, 2.45) is 23.7 Å². The standard InChI is InChI=1S/C61H57NO/c1-58(2)29-30-59(3,4)55-37-46(24-27-51(55)58)62(47-25-28-53-57(38-47)63-56-22-14-13-21-52(56)61(53)43-32-39-31-40(34-43)35-44(61)33-39)45-23-26-49-48-19-11-12-20-50(48)60(54(49)36-45,41-15-7-5-8-16-41)42-17-9-6-10-18-42/h5-28,36-40,43-44H,29-35H2,1-4H3. The highest BCUT2D eigenvalue weighted by Crippen LogP contribution is 2.69. The van der Waals surface area contributed by atoms with E-state index >= 15 is 0 Å². The molecule has 0 radical (unpaired) electrons. The molecule has 7 aromatic carbocycles. The molecular formula is C61H57NO. The molecule has 1 heterocycles. The van der Waals surface area contributed by atoms with E-state index in [9.17, 15) is 0 Å². The van der Waals surface area contributed by atoms with Gasteiger partial charge in [-0.05, 0) is 160 Å². The zero-order valence-corrected chi connectivity index (χ0v) is 37.2. The number of para-hydroxylation sites is 1. The largest absolute Gasteiger partial charge is 0.457 e. The minimum Gasteiger partial charge on any atom is -0.457 e. The van der Waals surface area contributed by atoms with Crippen LogP contribution in [0, 0.1) is 23.7 Å². The molecule has 2 nitrogen and oxygen atoms in total. The monoisotopic (exact) mass is 819 g/mol. The van der Waals surface area contributed by atoms with E-state index in [2.05, 4.69) is 196 Å². The topological polar surface area (TPSA) is 12.5 Å². The van der Waals surface area contributed by atoms with Crippen LogP contribution in [0.2, 0.25) is 0 Å². The second-order valence-corrected chi connectivity index (χ2v) is 21.5. The summed E-state index contributed by atoms with van der Waals surface area (Å²) in [5.74, 6) is 5.19. The van der Waals surface area contributed by atoms with Crippen LogP contribution in [0.3, 0.4) is 0 Å². The Hall–Kier alpha value is -5.86. The second kappa shape index (κ2) is 13.3. The molecule has 0 atom stereocenters. The molecule has 4 fully saturated rings. The molecule has 4 bridgehead atoms. The van der Waals surface area contributed by atoms with E-state index in [1.807, 2.05) is 0 Å². The van der Waals surface area contributed by atoms with Crippen molar-refractivity contribution in [2.45, 2.75) is 94.3 Å². The van der Waals surface area contributed by atoms with Crippen LogP contribution in [-0.4, -0.2) is 0 Å². The maximum Gasteiger partial charge on any atom is 0.133 e. The fourth-order valence-corrected chi connectivity index (χ4v) is 14.8. The summed E-state index contributed by atoms with van der Waals surface area (Å²) in [6, 6.07) is 62.7. The van der Waals surface area contributed by atoms with E-state index in [4.69, 9.17) is 4.74 Å². The molecule has 7 aromatic rings. The minimum atomic E-state index is -0.494. The van der Waals surface area contributed by atoms with Crippen molar-refractivity contribution < 1.29 is 4.74 Å². The quantitative estimate of drug-likeness (QED) is 0.171. The highest BCUT2D eigenvalue weighted by molar-refractivity contribution is 5.90. The van der Waals surface area contributed by atoms with Crippen molar-refractivity contribution >= 4 is 17.1 Å². The van der Waals surface area contributed by atoms with Gasteiger partial charge in [0, 0.05) is 39.7 Å². The van der Waals surface area contributed by atoms with Gasteiger partial charge in [-0.1, -0.05) is 149 Å². The van der Waals surface area contributed by atoms with Crippen LogP contribution in [0.4, 0.5) is 17.1 Å². The molecule has 0 unspecified atom stereocenters. The molecule has 63 heavy (non-hydrogen) atoms. The molecule has 4 saturated carbocycles. The van der Waals surface area contributed by atoms with Gasteiger partial charge in [-0.2, -0.15) is 0 Å². The number of hydrogen-bond acceptors (Lipinski definition) is 2. The van der Waals surface area contributed by atoms with Crippen LogP contribution >= 0.6 is 0 Å². The molecule has 7 aliphatic rings. The predicted molar refractivity (Wildman–Crippen MR) is 258 cm³/mol. The summed E-state index contributed by atoms with van der Waals surface area (Å²) in [6.45, 7) is 9.76. The van der Waals surface area contributed by atoms with Gasteiger partial charge < -0.3 is 9.64 Å². The third-order valence-electron chi connectivity index (χ3n) is 17.4. The number of fused-ring (bicyclic) bond motifs is 6. The summed E-state index contributed by atoms with van der Waals surface area (Å²) < 4.78 is 7.16. The first kappa shape index (κ1) is 37.7. The lowest BCUT2D eigenvalue weighted by Gasteiger charge is -2.63. The molecular weight excluding hydrogens is 763 g/mol. The molecule has 6 aliphatic carbocycles. The lowest BCUT2D eigenvalue weighted by Crippen LogP contribution is -2.56. The van der Waals surface area contributed by atoms with E-state index in [0.717, 1.165) is 34.7 Å². The number of benzene rings is 7. The molecule has 2 heteroatoms. The van der Waals surface area contributed by atoms with Crippen molar-refractivity contribution in [3.63, 3.8) is 0 Å². The summed E-state index contributed by atoms with van der Waals surface area (Å²) in [7, 11) is 0. The molecule has 0 amide bonds. The van der Waals surface area contributed by atoms with E-state index in [-0.39, 0.29) is 16.2 Å². The first-order valence-electron chi connectivity index (χ1n) is 23.9. The number of hydrogen-bond donors (Lipinski definition) is 0. The maximum atomic E-state index is 7.16. The molecule has 312 valence electrons. The predicted octanol–water partition coefficient (Wildman–Crippen LogP) is 15.7. The summed E-state index contributed by atoms with van der Waals surface area (Å²) in [5, 5.41) is 0.